The summed E-state index contributed by atoms with van der Waals surface area (Å²) in [5.41, 5.74) is 0.948. The predicted molar refractivity (Wildman–Crippen MR) is 122 cm³/mol. The highest BCUT2D eigenvalue weighted by molar-refractivity contribution is 5.97. The number of ether oxygens (including phenoxy) is 1. The minimum absolute atomic E-state index is 0.0346. The molecule has 2 aromatic carbocycles. The molecule has 7 heteroatoms. The molecule has 1 heterocycles. The van der Waals surface area contributed by atoms with Crippen molar-refractivity contribution in [2.45, 2.75) is 38.8 Å². The van der Waals surface area contributed by atoms with Gasteiger partial charge < -0.3 is 15.4 Å². The SMILES string of the molecule is COc1ccccc1[C@H](CNC(=O)[C@H](NC(=O)c1ccccc1F)C(C)C)N1CCCC1. The molecule has 2 amide bonds. The van der Waals surface area contributed by atoms with Crippen LogP contribution in [0.25, 0.3) is 0 Å². The summed E-state index contributed by atoms with van der Waals surface area (Å²) in [5, 5.41) is 5.72. The van der Waals surface area contributed by atoms with Crippen LogP contribution in [0, 0.1) is 11.7 Å². The van der Waals surface area contributed by atoms with Crippen LogP contribution in [0.3, 0.4) is 0 Å². The van der Waals surface area contributed by atoms with Gasteiger partial charge in [-0.15, -0.1) is 0 Å². The number of hydrogen-bond donors (Lipinski definition) is 2. The Kier molecular flexibility index (Phi) is 8.22. The third-order valence-corrected chi connectivity index (χ3v) is 5.90. The quantitative estimate of drug-likeness (QED) is 0.625. The van der Waals surface area contributed by atoms with Gasteiger partial charge in [0.15, 0.2) is 0 Å². The zero-order chi connectivity index (χ0) is 23.1. The largest absolute Gasteiger partial charge is 0.496 e. The van der Waals surface area contributed by atoms with Crippen LogP contribution in [0.15, 0.2) is 48.5 Å². The number of methoxy groups -OCH3 is 1. The van der Waals surface area contributed by atoms with Crippen LogP contribution in [-0.4, -0.2) is 49.5 Å². The molecule has 6 nitrogen and oxygen atoms in total. The van der Waals surface area contributed by atoms with E-state index >= 15 is 0 Å². The highest BCUT2D eigenvalue weighted by Crippen LogP contribution is 2.31. The maximum atomic E-state index is 14.0. The zero-order valence-corrected chi connectivity index (χ0v) is 18.9. The second-order valence-electron chi connectivity index (χ2n) is 8.42. The van der Waals surface area contributed by atoms with Crippen LogP contribution in [-0.2, 0) is 4.79 Å². The number of benzene rings is 2. The van der Waals surface area contributed by atoms with Gasteiger partial charge in [0, 0.05) is 12.1 Å². The van der Waals surface area contributed by atoms with Crippen LogP contribution < -0.4 is 15.4 Å². The van der Waals surface area contributed by atoms with Gasteiger partial charge in [0.25, 0.3) is 5.91 Å². The molecule has 2 N–H and O–H groups in total. The number of likely N-dealkylation sites (tertiary alicyclic amines) is 1. The van der Waals surface area contributed by atoms with Crippen molar-refractivity contribution in [3.05, 3.63) is 65.5 Å². The number of amides is 2. The molecule has 0 saturated carbocycles. The minimum Gasteiger partial charge on any atom is -0.496 e. The van der Waals surface area contributed by atoms with E-state index in [0.717, 1.165) is 37.2 Å². The Balaban J connectivity index is 1.73. The summed E-state index contributed by atoms with van der Waals surface area (Å²) in [5.74, 6) is -0.881. The molecular weight excluding hydrogens is 409 g/mol. The molecule has 0 bridgehead atoms. The molecule has 32 heavy (non-hydrogen) atoms. The van der Waals surface area contributed by atoms with E-state index in [2.05, 4.69) is 15.5 Å². The van der Waals surface area contributed by atoms with Crippen molar-refractivity contribution in [2.75, 3.05) is 26.7 Å². The molecule has 2 atom stereocenters. The highest BCUT2D eigenvalue weighted by atomic mass is 19.1. The third-order valence-electron chi connectivity index (χ3n) is 5.90. The Morgan fingerprint density at radius 3 is 2.38 bits per heavy atom. The first-order valence-electron chi connectivity index (χ1n) is 11.1. The average molecular weight is 442 g/mol. The van der Waals surface area contributed by atoms with E-state index < -0.39 is 17.8 Å². The van der Waals surface area contributed by atoms with E-state index in [1.165, 1.54) is 18.2 Å². The van der Waals surface area contributed by atoms with Crippen molar-refractivity contribution in [1.82, 2.24) is 15.5 Å². The van der Waals surface area contributed by atoms with E-state index in [1.54, 1.807) is 13.2 Å². The summed E-state index contributed by atoms with van der Waals surface area (Å²) in [6, 6.07) is 12.8. The zero-order valence-electron chi connectivity index (χ0n) is 18.9. The minimum atomic E-state index is -0.779. The molecule has 2 aromatic rings. The monoisotopic (exact) mass is 441 g/mol. The maximum absolute atomic E-state index is 14.0. The van der Waals surface area contributed by atoms with Crippen molar-refractivity contribution in [2.24, 2.45) is 5.92 Å². The molecule has 1 aliphatic rings. The van der Waals surface area contributed by atoms with Gasteiger partial charge in [-0.1, -0.05) is 44.2 Å². The van der Waals surface area contributed by atoms with Crippen LogP contribution in [0.5, 0.6) is 5.75 Å². The van der Waals surface area contributed by atoms with Crippen molar-refractivity contribution in [1.29, 1.82) is 0 Å². The number of rotatable bonds is 9. The molecule has 0 unspecified atom stereocenters. The number of carbonyl (C=O) groups is 2. The van der Waals surface area contributed by atoms with Gasteiger partial charge in [0.05, 0.1) is 18.7 Å². The molecule has 0 aromatic heterocycles. The second-order valence-corrected chi connectivity index (χ2v) is 8.42. The summed E-state index contributed by atoms with van der Waals surface area (Å²) >= 11 is 0. The van der Waals surface area contributed by atoms with E-state index in [0.29, 0.717) is 6.54 Å². The standard InChI is InChI=1S/C25H32FN3O3/c1-17(2)23(28-24(30)18-10-4-6-12-20(18)26)25(31)27-16-21(29-14-8-9-15-29)19-11-5-7-13-22(19)32-3/h4-7,10-13,17,21,23H,8-9,14-16H2,1-3H3,(H,27,31)(H,28,30)/t21-,23+/m0/s1. The lowest BCUT2D eigenvalue weighted by Crippen LogP contribution is -2.51. The maximum Gasteiger partial charge on any atom is 0.254 e. The first-order chi connectivity index (χ1) is 15.4. The Hall–Kier alpha value is -2.93. The number of halogens is 1. The fourth-order valence-corrected chi connectivity index (χ4v) is 4.14. The molecule has 0 aliphatic carbocycles. The van der Waals surface area contributed by atoms with Crippen molar-refractivity contribution in [3.8, 4) is 5.75 Å². The van der Waals surface area contributed by atoms with Crippen LogP contribution in [0.2, 0.25) is 0 Å². The van der Waals surface area contributed by atoms with E-state index in [-0.39, 0.29) is 23.4 Å². The normalized spacial score (nSPS) is 15.9. The summed E-state index contributed by atoms with van der Waals surface area (Å²) in [7, 11) is 1.64. The van der Waals surface area contributed by atoms with Crippen molar-refractivity contribution >= 4 is 11.8 Å². The van der Waals surface area contributed by atoms with E-state index in [9.17, 15) is 14.0 Å². The van der Waals surface area contributed by atoms with Gasteiger partial charge in [-0.3, -0.25) is 14.5 Å². The van der Waals surface area contributed by atoms with E-state index in [4.69, 9.17) is 4.74 Å². The smallest absolute Gasteiger partial charge is 0.254 e. The molecule has 0 spiro atoms. The second kappa shape index (κ2) is 11.1. The lowest BCUT2D eigenvalue weighted by atomic mass is 10.0. The van der Waals surface area contributed by atoms with Crippen LogP contribution in [0.1, 0.15) is 48.7 Å². The van der Waals surface area contributed by atoms with Gasteiger partial charge in [-0.25, -0.2) is 4.39 Å². The summed E-state index contributed by atoms with van der Waals surface area (Å²) in [6.07, 6.45) is 2.24. The Morgan fingerprint density at radius 1 is 1.06 bits per heavy atom. The lowest BCUT2D eigenvalue weighted by molar-refractivity contribution is -0.124. The Labute approximate surface area is 189 Å². The molecule has 3 rings (SSSR count). The van der Waals surface area contributed by atoms with Gasteiger partial charge in [0.2, 0.25) is 5.91 Å². The summed E-state index contributed by atoms with van der Waals surface area (Å²) < 4.78 is 19.6. The predicted octanol–water partition coefficient (Wildman–Crippen LogP) is 3.54. The van der Waals surface area contributed by atoms with Gasteiger partial charge in [0.1, 0.15) is 17.6 Å². The molecule has 1 fully saturated rings. The molecule has 1 aliphatic heterocycles. The first kappa shape index (κ1) is 23.7. The number of nitrogens with one attached hydrogen (secondary N) is 2. The van der Waals surface area contributed by atoms with Gasteiger partial charge in [-0.2, -0.15) is 0 Å². The summed E-state index contributed by atoms with van der Waals surface area (Å²) in [6.45, 7) is 6.00. The third kappa shape index (κ3) is 5.65. The Bertz CT molecular complexity index is 928. The number of nitrogens with zero attached hydrogens (tertiary/aromatic N) is 1. The Morgan fingerprint density at radius 2 is 1.72 bits per heavy atom. The van der Waals surface area contributed by atoms with Gasteiger partial charge in [-0.05, 0) is 50.0 Å². The van der Waals surface area contributed by atoms with Crippen molar-refractivity contribution in [3.63, 3.8) is 0 Å². The molecule has 0 radical (unpaired) electrons. The topological polar surface area (TPSA) is 70.7 Å². The molecular formula is C25H32FN3O3. The fraction of sp³-hybridized carbons (Fsp3) is 0.440. The van der Waals surface area contributed by atoms with E-state index in [1.807, 2.05) is 38.1 Å². The van der Waals surface area contributed by atoms with Crippen LogP contribution >= 0.6 is 0 Å². The molecule has 1 saturated heterocycles. The highest BCUT2D eigenvalue weighted by Gasteiger charge is 2.29. The number of hydrogen-bond acceptors (Lipinski definition) is 4. The van der Waals surface area contributed by atoms with Gasteiger partial charge >= 0.3 is 0 Å². The lowest BCUT2D eigenvalue weighted by Gasteiger charge is -2.30. The van der Waals surface area contributed by atoms with Crippen molar-refractivity contribution < 1.29 is 18.7 Å². The molecule has 172 valence electrons. The fourth-order valence-electron chi connectivity index (χ4n) is 4.14. The average Bonchev–Trinajstić information content (AvgIpc) is 3.32. The van der Waals surface area contributed by atoms with Crippen LogP contribution in [0.4, 0.5) is 4.39 Å². The number of carbonyl (C=O) groups excluding carboxylic acids is 2. The summed E-state index contributed by atoms with van der Waals surface area (Å²) in [4.78, 5) is 28.0. The first-order valence-corrected chi connectivity index (χ1v) is 11.1. The number of para-hydroxylation sites is 1.